The van der Waals surface area contributed by atoms with Crippen LogP contribution in [0.25, 0.3) is 11.1 Å². The second kappa shape index (κ2) is 6.87. The van der Waals surface area contributed by atoms with Crippen molar-refractivity contribution in [2.75, 3.05) is 7.11 Å². The molecule has 0 bridgehead atoms. The third-order valence-electron chi connectivity index (χ3n) is 3.34. The van der Waals surface area contributed by atoms with Crippen molar-refractivity contribution in [2.45, 2.75) is 12.5 Å². The number of carboxylic acid groups (broad SMARTS) is 1. The molecule has 114 valence electrons. The normalized spacial score (nSPS) is 11.7. The number of carbonyl (C=O) groups is 2. The highest BCUT2D eigenvalue weighted by Crippen LogP contribution is 2.21. The summed E-state index contributed by atoms with van der Waals surface area (Å²) < 4.78 is 4.66. The first-order valence-electron chi connectivity index (χ1n) is 6.77. The molecule has 2 aromatic rings. The Morgan fingerprint density at radius 2 is 1.82 bits per heavy atom. The molecule has 0 saturated heterocycles. The number of esters is 1. The molecule has 0 fully saturated rings. The average molecular weight is 299 g/mol. The minimum absolute atomic E-state index is 0.267. The van der Waals surface area contributed by atoms with E-state index in [0.29, 0.717) is 5.56 Å². The van der Waals surface area contributed by atoms with E-state index in [0.717, 1.165) is 16.7 Å². The van der Waals surface area contributed by atoms with Gasteiger partial charge in [0.15, 0.2) is 0 Å². The Morgan fingerprint density at radius 1 is 1.14 bits per heavy atom. The Balaban J connectivity index is 2.22. The lowest BCUT2D eigenvalue weighted by atomic mass is 9.99. The number of rotatable bonds is 5. The van der Waals surface area contributed by atoms with Crippen LogP contribution in [0.5, 0.6) is 0 Å². The Kier molecular flexibility index (Phi) is 4.91. The van der Waals surface area contributed by atoms with Crippen LogP contribution in [0.2, 0.25) is 0 Å². The van der Waals surface area contributed by atoms with Gasteiger partial charge in [0.2, 0.25) is 0 Å². The molecule has 0 radical (unpaired) electrons. The molecule has 0 heterocycles. The van der Waals surface area contributed by atoms with Crippen LogP contribution < -0.4 is 5.73 Å². The van der Waals surface area contributed by atoms with E-state index < -0.39 is 12.0 Å². The lowest BCUT2D eigenvalue weighted by molar-refractivity contribution is -0.138. The number of benzene rings is 2. The maximum atomic E-state index is 11.4. The van der Waals surface area contributed by atoms with Crippen molar-refractivity contribution in [3.8, 4) is 11.1 Å². The van der Waals surface area contributed by atoms with Gasteiger partial charge in [0, 0.05) is 0 Å². The fraction of sp³-hybridized carbons (Fsp3) is 0.176. The van der Waals surface area contributed by atoms with Gasteiger partial charge in [0.25, 0.3) is 0 Å². The zero-order valence-corrected chi connectivity index (χ0v) is 12.2. The Labute approximate surface area is 128 Å². The van der Waals surface area contributed by atoms with Crippen LogP contribution >= 0.6 is 0 Å². The molecule has 0 amide bonds. The molecule has 1 atom stereocenters. The summed E-state index contributed by atoms with van der Waals surface area (Å²) in [6.07, 6.45) is 0.267. The summed E-state index contributed by atoms with van der Waals surface area (Å²) in [5, 5.41) is 8.87. The quantitative estimate of drug-likeness (QED) is 0.825. The molecular weight excluding hydrogens is 282 g/mol. The molecule has 2 aromatic carbocycles. The zero-order chi connectivity index (χ0) is 16.1. The van der Waals surface area contributed by atoms with E-state index in [4.69, 9.17) is 10.8 Å². The molecule has 1 unspecified atom stereocenters. The van der Waals surface area contributed by atoms with Gasteiger partial charge in [-0.15, -0.1) is 0 Å². The summed E-state index contributed by atoms with van der Waals surface area (Å²) in [5.41, 5.74) is 8.75. The zero-order valence-electron chi connectivity index (χ0n) is 12.2. The first kappa shape index (κ1) is 15.7. The number of ether oxygens (including phenoxy) is 1. The summed E-state index contributed by atoms with van der Waals surface area (Å²) in [7, 11) is 1.34. The highest BCUT2D eigenvalue weighted by molar-refractivity contribution is 5.90. The fourth-order valence-corrected chi connectivity index (χ4v) is 2.14. The Morgan fingerprint density at radius 3 is 2.41 bits per heavy atom. The van der Waals surface area contributed by atoms with Gasteiger partial charge in [-0.25, -0.2) is 4.79 Å². The molecule has 0 aromatic heterocycles. The number of hydrogen-bond donors (Lipinski definition) is 2. The van der Waals surface area contributed by atoms with Gasteiger partial charge in [0.05, 0.1) is 12.7 Å². The molecule has 0 spiro atoms. The van der Waals surface area contributed by atoms with E-state index in [1.165, 1.54) is 7.11 Å². The molecule has 0 aliphatic carbocycles. The number of hydrogen-bond acceptors (Lipinski definition) is 4. The van der Waals surface area contributed by atoms with E-state index in [1.807, 2.05) is 36.4 Å². The number of methoxy groups -OCH3 is 1. The first-order valence-corrected chi connectivity index (χ1v) is 6.77. The Bertz CT molecular complexity index is 679. The minimum atomic E-state index is -1.02. The van der Waals surface area contributed by atoms with E-state index in [-0.39, 0.29) is 12.4 Å². The van der Waals surface area contributed by atoms with Crippen molar-refractivity contribution >= 4 is 11.9 Å². The number of nitrogens with two attached hydrogens (primary N) is 1. The van der Waals surface area contributed by atoms with E-state index in [2.05, 4.69) is 4.74 Å². The van der Waals surface area contributed by atoms with Crippen LogP contribution in [-0.4, -0.2) is 30.2 Å². The highest BCUT2D eigenvalue weighted by atomic mass is 16.5. The van der Waals surface area contributed by atoms with E-state index in [9.17, 15) is 9.59 Å². The summed E-state index contributed by atoms with van der Waals surface area (Å²) in [5.74, 6) is -1.40. The second-order valence-electron chi connectivity index (χ2n) is 4.92. The molecule has 0 aliphatic rings. The first-order chi connectivity index (χ1) is 10.5. The van der Waals surface area contributed by atoms with Crippen molar-refractivity contribution in [1.82, 2.24) is 0 Å². The van der Waals surface area contributed by atoms with Crippen LogP contribution in [0.3, 0.4) is 0 Å². The van der Waals surface area contributed by atoms with Crippen molar-refractivity contribution in [3.63, 3.8) is 0 Å². The van der Waals surface area contributed by atoms with Crippen LogP contribution in [0.4, 0.5) is 0 Å². The monoisotopic (exact) mass is 299 g/mol. The van der Waals surface area contributed by atoms with Crippen molar-refractivity contribution in [3.05, 3.63) is 59.7 Å². The smallest absolute Gasteiger partial charge is 0.337 e. The van der Waals surface area contributed by atoms with Gasteiger partial charge < -0.3 is 15.6 Å². The molecular formula is C17H17NO4. The SMILES string of the molecule is COC(=O)c1ccc(-c2cccc(CC(N)C(=O)O)c2)cc1. The van der Waals surface area contributed by atoms with Gasteiger partial charge in [-0.1, -0.05) is 36.4 Å². The molecule has 0 saturated carbocycles. The molecule has 2 rings (SSSR count). The number of aliphatic carboxylic acids is 1. The molecule has 3 N–H and O–H groups in total. The van der Waals surface area contributed by atoms with E-state index in [1.54, 1.807) is 12.1 Å². The van der Waals surface area contributed by atoms with Crippen LogP contribution in [0, 0.1) is 0 Å². The van der Waals surface area contributed by atoms with Crippen molar-refractivity contribution in [2.24, 2.45) is 5.73 Å². The molecule has 0 aliphatic heterocycles. The van der Waals surface area contributed by atoms with E-state index >= 15 is 0 Å². The number of carbonyl (C=O) groups excluding carboxylic acids is 1. The second-order valence-corrected chi connectivity index (χ2v) is 4.92. The topological polar surface area (TPSA) is 89.6 Å². The van der Waals surface area contributed by atoms with Crippen LogP contribution in [0.1, 0.15) is 15.9 Å². The molecule has 5 nitrogen and oxygen atoms in total. The summed E-state index contributed by atoms with van der Waals surface area (Å²) in [6, 6.07) is 13.6. The van der Waals surface area contributed by atoms with Gasteiger partial charge in [-0.2, -0.15) is 0 Å². The largest absolute Gasteiger partial charge is 0.480 e. The molecule has 22 heavy (non-hydrogen) atoms. The number of carboxylic acids is 1. The summed E-state index contributed by atoms with van der Waals surface area (Å²) in [6.45, 7) is 0. The van der Waals surface area contributed by atoms with Gasteiger partial charge in [-0.3, -0.25) is 4.79 Å². The molecule has 5 heteroatoms. The lowest BCUT2D eigenvalue weighted by Crippen LogP contribution is -2.32. The summed E-state index contributed by atoms with van der Waals surface area (Å²) in [4.78, 5) is 22.2. The van der Waals surface area contributed by atoms with Crippen LogP contribution in [-0.2, 0) is 16.0 Å². The maximum absolute atomic E-state index is 11.4. The van der Waals surface area contributed by atoms with Crippen LogP contribution in [0.15, 0.2) is 48.5 Å². The summed E-state index contributed by atoms with van der Waals surface area (Å²) >= 11 is 0. The predicted molar refractivity (Wildman–Crippen MR) is 82.5 cm³/mol. The third kappa shape index (κ3) is 3.71. The maximum Gasteiger partial charge on any atom is 0.337 e. The van der Waals surface area contributed by atoms with Gasteiger partial charge in [0.1, 0.15) is 6.04 Å². The Hall–Kier alpha value is -2.66. The van der Waals surface area contributed by atoms with Gasteiger partial charge in [-0.05, 0) is 35.2 Å². The predicted octanol–water partition coefficient (Wildman–Crippen LogP) is 2.09. The third-order valence-corrected chi connectivity index (χ3v) is 3.34. The average Bonchev–Trinajstić information content (AvgIpc) is 2.54. The lowest BCUT2D eigenvalue weighted by Gasteiger charge is -2.09. The standard InChI is InChI=1S/C17H17NO4/c1-22-17(21)13-7-5-12(6-8-13)14-4-2-3-11(9-14)10-15(18)16(19)20/h2-9,15H,10,18H2,1H3,(H,19,20). The van der Waals surface area contributed by atoms with Crippen molar-refractivity contribution < 1.29 is 19.4 Å². The van der Waals surface area contributed by atoms with Crippen molar-refractivity contribution in [1.29, 1.82) is 0 Å². The fourth-order valence-electron chi connectivity index (χ4n) is 2.14. The minimum Gasteiger partial charge on any atom is -0.480 e. The van der Waals surface area contributed by atoms with Gasteiger partial charge >= 0.3 is 11.9 Å². The highest BCUT2D eigenvalue weighted by Gasteiger charge is 2.12.